The third-order valence-corrected chi connectivity index (χ3v) is 4.02. The lowest BCUT2D eigenvalue weighted by atomic mass is 9.82. The molecule has 4 unspecified atom stereocenters. The minimum absolute atomic E-state index is 0.0132. The highest BCUT2D eigenvalue weighted by atomic mass is 16.4. The number of aliphatic hydroxyl groups excluding tert-OH is 2. The zero-order valence-corrected chi connectivity index (χ0v) is 13.2. The number of carbonyl (C=O) groups is 1. The van der Waals surface area contributed by atoms with Crippen LogP contribution >= 0.6 is 0 Å². The zero-order valence-electron chi connectivity index (χ0n) is 13.2. The SMILES string of the molecule is CCCC(O)C(CC)CC(CC)C(O)C=C(C)C(=O)O. The molecule has 3 N–H and O–H groups in total. The van der Waals surface area contributed by atoms with Gasteiger partial charge in [-0.1, -0.05) is 40.0 Å². The maximum atomic E-state index is 10.8. The molecule has 0 aliphatic rings. The third-order valence-electron chi connectivity index (χ3n) is 4.02. The molecular weight excluding hydrogens is 256 g/mol. The molecule has 4 nitrogen and oxygen atoms in total. The number of rotatable bonds is 10. The molecule has 0 spiro atoms. The fourth-order valence-corrected chi connectivity index (χ4v) is 2.53. The van der Waals surface area contributed by atoms with E-state index in [1.807, 2.05) is 20.8 Å². The van der Waals surface area contributed by atoms with Gasteiger partial charge in [-0.25, -0.2) is 4.79 Å². The van der Waals surface area contributed by atoms with Crippen molar-refractivity contribution in [2.45, 2.75) is 72.0 Å². The van der Waals surface area contributed by atoms with E-state index in [-0.39, 0.29) is 23.5 Å². The summed E-state index contributed by atoms with van der Waals surface area (Å²) in [6, 6.07) is 0. The summed E-state index contributed by atoms with van der Waals surface area (Å²) in [7, 11) is 0. The van der Waals surface area contributed by atoms with Crippen LogP contribution in [0.1, 0.15) is 59.8 Å². The molecule has 0 fully saturated rings. The summed E-state index contributed by atoms with van der Waals surface area (Å²) < 4.78 is 0. The van der Waals surface area contributed by atoms with E-state index in [0.29, 0.717) is 0 Å². The van der Waals surface area contributed by atoms with Crippen molar-refractivity contribution >= 4 is 5.97 Å². The van der Waals surface area contributed by atoms with Gasteiger partial charge in [0.05, 0.1) is 12.2 Å². The first-order chi connectivity index (χ1) is 9.37. The Bertz CT molecular complexity index is 312. The second kappa shape index (κ2) is 9.94. The molecule has 0 radical (unpaired) electrons. The fraction of sp³-hybridized carbons (Fsp3) is 0.812. The maximum absolute atomic E-state index is 10.8. The van der Waals surface area contributed by atoms with Crippen molar-refractivity contribution in [3.05, 3.63) is 11.6 Å². The summed E-state index contributed by atoms with van der Waals surface area (Å²) in [4.78, 5) is 10.8. The smallest absolute Gasteiger partial charge is 0.331 e. The van der Waals surface area contributed by atoms with Crippen LogP contribution in [0.15, 0.2) is 11.6 Å². The van der Waals surface area contributed by atoms with Crippen LogP contribution in [-0.4, -0.2) is 33.5 Å². The number of carboxylic acids is 1. The van der Waals surface area contributed by atoms with E-state index in [9.17, 15) is 15.0 Å². The minimum Gasteiger partial charge on any atom is -0.478 e. The normalized spacial score (nSPS) is 18.4. The first kappa shape index (κ1) is 19.1. The van der Waals surface area contributed by atoms with E-state index in [0.717, 1.165) is 32.1 Å². The molecule has 0 bridgehead atoms. The summed E-state index contributed by atoms with van der Waals surface area (Å²) in [5, 5.41) is 29.1. The van der Waals surface area contributed by atoms with Crippen LogP contribution in [0.2, 0.25) is 0 Å². The molecule has 0 aliphatic heterocycles. The first-order valence-corrected chi connectivity index (χ1v) is 7.65. The molecule has 0 rings (SSSR count). The van der Waals surface area contributed by atoms with Crippen molar-refractivity contribution in [2.75, 3.05) is 0 Å². The van der Waals surface area contributed by atoms with Gasteiger partial charge in [0.1, 0.15) is 0 Å². The molecule has 0 aliphatic carbocycles. The lowest BCUT2D eigenvalue weighted by Crippen LogP contribution is -2.27. The van der Waals surface area contributed by atoms with Gasteiger partial charge in [0.15, 0.2) is 0 Å². The topological polar surface area (TPSA) is 77.8 Å². The van der Waals surface area contributed by atoms with E-state index < -0.39 is 12.1 Å². The van der Waals surface area contributed by atoms with E-state index in [1.165, 1.54) is 13.0 Å². The highest BCUT2D eigenvalue weighted by Crippen LogP contribution is 2.27. The standard InChI is InChI=1S/C16H30O4/c1-5-8-14(17)12(6-2)10-13(7-3)15(18)9-11(4)16(19)20/h9,12-15,17-18H,5-8,10H2,1-4H3,(H,19,20). The summed E-state index contributed by atoms with van der Waals surface area (Å²) in [5.74, 6) is -0.856. The molecule has 0 aromatic carbocycles. The highest BCUT2D eigenvalue weighted by Gasteiger charge is 2.24. The van der Waals surface area contributed by atoms with Crippen LogP contribution in [0.3, 0.4) is 0 Å². The number of carboxylic acid groups (broad SMARTS) is 1. The lowest BCUT2D eigenvalue weighted by molar-refractivity contribution is -0.132. The van der Waals surface area contributed by atoms with E-state index in [4.69, 9.17) is 5.11 Å². The Morgan fingerprint density at radius 1 is 1.10 bits per heavy atom. The molecular formula is C16H30O4. The number of aliphatic carboxylic acids is 1. The van der Waals surface area contributed by atoms with Gasteiger partial charge < -0.3 is 15.3 Å². The first-order valence-electron chi connectivity index (χ1n) is 7.65. The van der Waals surface area contributed by atoms with Gasteiger partial charge in [-0.15, -0.1) is 0 Å². The molecule has 0 saturated heterocycles. The third kappa shape index (κ3) is 6.53. The molecule has 0 aromatic heterocycles. The van der Waals surface area contributed by atoms with E-state index >= 15 is 0 Å². The molecule has 4 atom stereocenters. The average Bonchev–Trinajstić information content (AvgIpc) is 2.39. The number of hydrogen-bond acceptors (Lipinski definition) is 3. The molecule has 4 heteroatoms. The second-order valence-electron chi connectivity index (χ2n) is 5.57. The van der Waals surface area contributed by atoms with Crippen molar-refractivity contribution in [2.24, 2.45) is 11.8 Å². The molecule has 0 saturated carbocycles. The van der Waals surface area contributed by atoms with Crippen molar-refractivity contribution < 1.29 is 20.1 Å². The Morgan fingerprint density at radius 2 is 1.65 bits per heavy atom. The van der Waals surface area contributed by atoms with Crippen molar-refractivity contribution in [1.29, 1.82) is 0 Å². The van der Waals surface area contributed by atoms with Gasteiger partial charge in [-0.3, -0.25) is 0 Å². The van der Waals surface area contributed by atoms with Gasteiger partial charge in [0.25, 0.3) is 0 Å². The van der Waals surface area contributed by atoms with Crippen LogP contribution in [0.25, 0.3) is 0 Å². The molecule has 20 heavy (non-hydrogen) atoms. The largest absolute Gasteiger partial charge is 0.478 e. The summed E-state index contributed by atoms with van der Waals surface area (Å²) in [6.07, 6.45) is 4.37. The van der Waals surface area contributed by atoms with Crippen LogP contribution in [0.5, 0.6) is 0 Å². The van der Waals surface area contributed by atoms with Crippen LogP contribution < -0.4 is 0 Å². The highest BCUT2D eigenvalue weighted by molar-refractivity contribution is 5.85. The van der Waals surface area contributed by atoms with Gasteiger partial charge in [0.2, 0.25) is 0 Å². The lowest BCUT2D eigenvalue weighted by Gasteiger charge is -2.28. The van der Waals surface area contributed by atoms with Gasteiger partial charge in [0, 0.05) is 5.57 Å². The monoisotopic (exact) mass is 286 g/mol. The predicted molar refractivity (Wildman–Crippen MR) is 80.5 cm³/mol. The molecule has 118 valence electrons. The maximum Gasteiger partial charge on any atom is 0.331 e. The summed E-state index contributed by atoms with van der Waals surface area (Å²) in [6.45, 7) is 7.56. The fourth-order valence-electron chi connectivity index (χ4n) is 2.53. The van der Waals surface area contributed by atoms with E-state index in [1.54, 1.807) is 0 Å². The predicted octanol–water partition coefficient (Wildman–Crippen LogP) is 2.98. The molecule has 0 heterocycles. The average molecular weight is 286 g/mol. The minimum atomic E-state index is -1.00. The second-order valence-corrected chi connectivity index (χ2v) is 5.57. The quantitative estimate of drug-likeness (QED) is 0.539. The van der Waals surface area contributed by atoms with Gasteiger partial charge >= 0.3 is 5.97 Å². The van der Waals surface area contributed by atoms with Crippen LogP contribution in [-0.2, 0) is 4.79 Å². The Labute approximate surface area is 122 Å². The Hall–Kier alpha value is -0.870. The number of aliphatic hydroxyl groups is 2. The number of hydrogen-bond donors (Lipinski definition) is 3. The van der Waals surface area contributed by atoms with Gasteiger partial charge in [-0.05, 0) is 37.7 Å². The van der Waals surface area contributed by atoms with Crippen molar-refractivity contribution in [1.82, 2.24) is 0 Å². The zero-order chi connectivity index (χ0) is 15.7. The van der Waals surface area contributed by atoms with Gasteiger partial charge in [-0.2, -0.15) is 0 Å². The Balaban J connectivity index is 4.73. The van der Waals surface area contributed by atoms with E-state index in [2.05, 4.69) is 0 Å². The summed E-state index contributed by atoms with van der Waals surface area (Å²) >= 11 is 0. The molecule has 0 aromatic rings. The van der Waals surface area contributed by atoms with Crippen molar-refractivity contribution in [3.8, 4) is 0 Å². The summed E-state index contributed by atoms with van der Waals surface area (Å²) in [5.41, 5.74) is 0.165. The Morgan fingerprint density at radius 3 is 2.05 bits per heavy atom. The van der Waals surface area contributed by atoms with Crippen molar-refractivity contribution in [3.63, 3.8) is 0 Å². The van der Waals surface area contributed by atoms with Crippen LogP contribution in [0.4, 0.5) is 0 Å². The Kier molecular flexibility index (Phi) is 9.51. The van der Waals surface area contributed by atoms with Crippen LogP contribution in [0, 0.1) is 11.8 Å². The molecule has 0 amide bonds.